The Morgan fingerprint density at radius 3 is 2.28 bits per heavy atom. The minimum atomic E-state index is -0.423. The van der Waals surface area contributed by atoms with Gasteiger partial charge in [-0.2, -0.15) is 0 Å². The first-order valence-corrected chi connectivity index (χ1v) is 9.79. The third kappa shape index (κ3) is 3.88. The van der Waals surface area contributed by atoms with Gasteiger partial charge in [-0.3, -0.25) is 0 Å². The van der Waals surface area contributed by atoms with E-state index >= 15 is 0 Å². The molecule has 2 aromatic carbocycles. The molecule has 0 saturated heterocycles. The van der Waals surface area contributed by atoms with Crippen molar-refractivity contribution in [3.05, 3.63) is 59.7 Å². The maximum absolute atomic E-state index is 12.1. The van der Waals surface area contributed by atoms with Crippen LogP contribution in [-0.2, 0) is 4.74 Å². The van der Waals surface area contributed by atoms with Crippen molar-refractivity contribution in [3.8, 4) is 11.1 Å². The third-order valence-corrected chi connectivity index (χ3v) is 5.95. The molecule has 25 heavy (non-hydrogen) atoms. The van der Waals surface area contributed by atoms with Crippen molar-refractivity contribution in [1.82, 2.24) is 5.32 Å². The van der Waals surface area contributed by atoms with Gasteiger partial charge in [-0.15, -0.1) is 11.8 Å². The summed E-state index contributed by atoms with van der Waals surface area (Å²) in [5, 5.41) is 2.81. The van der Waals surface area contributed by atoms with Gasteiger partial charge in [0.15, 0.2) is 0 Å². The Bertz CT molecular complexity index is 745. The Morgan fingerprint density at radius 1 is 1.16 bits per heavy atom. The lowest BCUT2D eigenvalue weighted by molar-refractivity contribution is 0.142. The smallest absolute Gasteiger partial charge is 0.407 e. The fourth-order valence-corrected chi connectivity index (χ4v) is 4.15. The standard InChI is InChI=1S/C20H21NO2S2/c1-3-25-19(24)13(2)21-20(22)23-12-18-16-10-6-4-8-14(16)15-9-5-7-11-17(15)18/h4-11,13,18H,3,12H2,1-2H3,(H,21,22). The lowest BCUT2D eigenvalue weighted by atomic mass is 9.98. The first-order valence-electron chi connectivity index (χ1n) is 8.40. The van der Waals surface area contributed by atoms with E-state index in [1.807, 2.05) is 38.1 Å². The lowest BCUT2D eigenvalue weighted by Crippen LogP contribution is -2.37. The monoisotopic (exact) mass is 371 g/mol. The molecule has 0 spiro atoms. The highest BCUT2D eigenvalue weighted by Gasteiger charge is 2.29. The number of carbonyl (C=O) groups is 1. The molecule has 2 aromatic rings. The molecule has 5 heteroatoms. The van der Waals surface area contributed by atoms with Crippen LogP contribution in [0.1, 0.15) is 30.9 Å². The summed E-state index contributed by atoms with van der Waals surface area (Å²) in [5.74, 6) is 0.973. The summed E-state index contributed by atoms with van der Waals surface area (Å²) in [7, 11) is 0. The van der Waals surface area contributed by atoms with E-state index < -0.39 is 6.09 Å². The van der Waals surface area contributed by atoms with Crippen LogP contribution in [0.5, 0.6) is 0 Å². The SMILES string of the molecule is CCSC(=S)C(C)NC(=O)OCC1c2ccccc2-c2ccccc21. The van der Waals surface area contributed by atoms with Crippen LogP contribution in [0, 0.1) is 0 Å². The summed E-state index contributed by atoms with van der Waals surface area (Å²) in [6.45, 7) is 4.24. The number of rotatable bonds is 5. The zero-order valence-corrected chi connectivity index (χ0v) is 16.0. The van der Waals surface area contributed by atoms with Crippen molar-refractivity contribution in [2.24, 2.45) is 0 Å². The van der Waals surface area contributed by atoms with Crippen LogP contribution in [0.25, 0.3) is 11.1 Å². The summed E-state index contributed by atoms with van der Waals surface area (Å²) in [4.78, 5) is 12.1. The van der Waals surface area contributed by atoms with Gasteiger partial charge in [0, 0.05) is 5.92 Å². The molecule has 1 amide bonds. The number of carbonyl (C=O) groups excluding carboxylic acids is 1. The normalized spacial score (nSPS) is 13.7. The van der Waals surface area contributed by atoms with Gasteiger partial charge in [-0.05, 0) is 34.9 Å². The highest BCUT2D eigenvalue weighted by atomic mass is 32.2. The van der Waals surface area contributed by atoms with Gasteiger partial charge in [0.05, 0.1) is 10.2 Å². The van der Waals surface area contributed by atoms with E-state index in [4.69, 9.17) is 17.0 Å². The largest absolute Gasteiger partial charge is 0.449 e. The minimum Gasteiger partial charge on any atom is -0.449 e. The van der Waals surface area contributed by atoms with Crippen LogP contribution < -0.4 is 5.32 Å². The van der Waals surface area contributed by atoms with Crippen LogP contribution in [0.2, 0.25) is 0 Å². The maximum Gasteiger partial charge on any atom is 0.407 e. The topological polar surface area (TPSA) is 38.3 Å². The molecule has 1 unspecified atom stereocenters. The van der Waals surface area contributed by atoms with Gasteiger partial charge in [-0.1, -0.05) is 67.7 Å². The lowest BCUT2D eigenvalue weighted by Gasteiger charge is -2.17. The number of thioether (sulfide) groups is 1. The van der Waals surface area contributed by atoms with E-state index in [2.05, 4.69) is 29.6 Å². The predicted octanol–water partition coefficient (Wildman–Crippen LogP) is 4.99. The van der Waals surface area contributed by atoms with Crippen molar-refractivity contribution in [2.45, 2.75) is 25.8 Å². The van der Waals surface area contributed by atoms with Crippen molar-refractivity contribution in [1.29, 1.82) is 0 Å². The highest BCUT2D eigenvalue weighted by Crippen LogP contribution is 2.44. The molecule has 0 fully saturated rings. The Morgan fingerprint density at radius 2 is 1.72 bits per heavy atom. The van der Waals surface area contributed by atoms with Crippen LogP contribution in [0.15, 0.2) is 48.5 Å². The summed E-state index contributed by atoms with van der Waals surface area (Å²) in [5.41, 5.74) is 4.87. The number of alkyl carbamates (subject to hydrolysis) is 1. The molecule has 0 aromatic heterocycles. The van der Waals surface area contributed by atoms with Gasteiger partial charge in [0.2, 0.25) is 0 Å². The number of nitrogens with one attached hydrogen (secondary N) is 1. The van der Waals surface area contributed by atoms with E-state index in [-0.39, 0.29) is 12.0 Å². The van der Waals surface area contributed by atoms with E-state index in [1.165, 1.54) is 22.3 Å². The number of hydrogen-bond acceptors (Lipinski definition) is 4. The molecule has 0 bridgehead atoms. The molecule has 3 nitrogen and oxygen atoms in total. The minimum absolute atomic E-state index is 0.0745. The summed E-state index contributed by atoms with van der Waals surface area (Å²) >= 11 is 6.85. The number of benzene rings is 2. The Kier molecular flexibility index (Phi) is 5.76. The molecule has 0 saturated carbocycles. The molecule has 1 N–H and O–H groups in total. The number of ether oxygens (including phenoxy) is 1. The molecule has 0 aliphatic heterocycles. The summed E-state index contributed by atoms with van der Waals surface area (Å²) < 4.78 is 6.29. The molecule has 1 atom stereocenters. The fourth-order valence-electron chi connectivity index (χ4n) is 3.14. The van der Waals surface area contributed by atoms with Gasteiger partial charge in [0.1, 0.15) is 6.61 Å². The second kappa shape index (κ2) is 8.02. The van der Waals surface area contributed by atoms with E-state index in [9.17, 15) is 4.79 Å². The highest BCUT2D eigenvalue weighted by molar-refractivity contribution is 8.23. The van der Waals surface area contributed by atoms with Crippen LogP contribution in [-0.4, -0.2) is 28.7 Å². The van der Waals surface area contributed by atoms with Gasteiger partial charge in [0.25, 0.3) is 0 Å². The number of thiocarbonyl (C=S) groups is 1. The zero-order chi connectivity index (χ0) is 17.8. The van der Waals surface area contributed by atoms with Crippen molar-refractivity contribution in [2.75, 3.05) is 12.4 Å². The van der Waals surface area contributed by atoms with Crippen molar-refractivity contribution < 1.29 is 9.53 Å². The van der Waals surface area contributed by atoms with Crippen LogP contribution in [0.3, 0.4) is 0 Å². The van der Waals surface area contributed by atoms with E-state index in [0.29, 0.717) is 6.61 Å². The molecular formula is C20H21NO2S2. The number of amides is 1. The van der Waals surface area contributed by atoms with E-state index in [1.54, 1.807) is 11.8 Å². The number of fused-ring (bicyclic) bond motifs is 3. The van der Waals surface area contributed by atoms with Gasteiger partial charge < -0.3 is 10.1 Å². The van der Waals surface area contributed by atoms with Gasteiger partial charge >= 0.3 is 6.09 Å². The molecule has 1 aliphatic carbocycles. The second-order valence-corrected chi connectivity index (χ2v) is 7.95. The quantitative estimate of drug-likeness (QED) is 0.751. The second-order valence-electron chi connectivity index (χ2n) is 5.94. The molecule has 1 aliphatic rings. The molecule has 3 rings (SSSR count). The predicted molar refractivity (Wildman–Crippen MR) is 108 cm³/mol. The van der Waals surface area contributed by atoms with E-state index in [0.717, 1.165) is 9.95 Å². The van der Waals surface area contributed by atoms with Crippen molar-refractivity contribution in [3.63, 3.8) is 0 Å². The summed E-state index contributed by atoms with van der Waals surface area (Å²) in [6, 6.07) is 16.4. The van der Waals surface area contributed by atoms with Crippen LogP contribution >= 0.6 is 24.0 Å². The first kappa shape index (κ1) is 18.0. The summed E-state index contributed by atoms with van der Waals surface area (Å²) in [6.07, 6.45) is -0.423. The first-order chi connectivity index (χ1) is 12.1. The molecule has 130 valence electrons. The Labute approximate surface area is 158 Å². The molecular weight excluding hydrogens is 350 g/mol. The fraction of sp³-hybridized carbons (Fsp3) is 0.300. The molecule has 0 radical (unpaired) electrons. The average molecular weight is 372 g/mol. The zero-order valence-electron chi connectivity index (χ0n) is 14.3. The van der Waals surface area contributed by atoms with Crippen molar-refractivity contribution >= 4 is 34.3 Å². The Balaban J connectivity index is 1.67. The van der Waals surface area contributed by atoms with Crippen LogP contribution in [0.4, 0.5) is 4.79 Å². The van der Waals surface area contributed by atoms with Gasteiger partial charge in [-0.25, -0.2) is 4.79 Å². The molecule has 0 heterocycles. The Hall–Kier alpha value is -1.85. The number of hydrogen-bond donors (Lipinski definition) is 1. The average Bonchev–Trinajstić information content (AvgIpc) is 2.94. The maximum atomic E-state index is 12.1. The third-order valence-electron chi connectivity index (χ3n) is 4.32.